The summed E-state index contributed by atoms with van der Waals surface area (Å²) in [4.78, 5) is 11.3. The quantitative estimate of drug-likeness (QED) is 0.792. The molecule has 1 heterocycles. The average Bonchev–Trinajstić information content (AvgIpc) is 2.22. The second-order valence-electron chi connectivity index (χ2n) is 3.48. The first kappa shape index (κ1) is 9.98. The van der Waals surface area contributed by atoms with Crippen molar-refractivity contribution in [1.82, 2.24) is 10.4 Å². The van der Waals surface area contributed by atoms with Crippen LogP contribution in [-0.4, -0.2) is 30.6 Å². The predicted octanol–water partition coefficient (Wildman–Crippen LogP) is 0.802. The number of nitrogens with zero attached hydrogens (tertiary/aromatic N) is 1. The van der Waals surface area contributed by atoms with Crippen LogP contribution in [0.5, 0.6) is 5.75 Å². The van der Waals surface area contributed by atoms with E-state index in [9.17, 15) is 4.79 Å². The first-order valence-electron chi connectivity index (χ1n) is 5.07. The van der Waals surface area contributed by atoms with Crippen LogP contribution in [0.15, 0.2) is 30.3 Å². The maximum atomic E-state index is 11.3. The summed E-state index contributed by atoms with van der Waals surface area (Å²) in [7, 11) is 0. The van der Waals surface area contributed by atoms with Crippen molar-refractivity contribution in [2.75, 3.05) is 19.7 Å². The van der Waals surface area contributed by atoms with Crippen molar-refractivity contribution >= 4 is 5.91 Å². The zero-order valence-corrected chi connectivity index (χ0v) is 8.48. The highest BCUT2D eigenvalue weighted by Gasteiger charge is 2.15. The Hall–Kier alpha value is -1.55. The molecule has 1 aliphatic rings. The second-order valence-corrected chi connectivity index (χ2v) is 3.48. The summed E-state index contributed by atoms with van der Waals surface area (Å²) in [5, 5.41) is 1.89. The van der Waals surface area contributed by atoms with E-state index in [0.29, 0.717) is 0 Å². The highest BCUT2D eigenvalue weighted by molar-refractivity contribution is 5.77. The number of para-hydroxylation sites is 1. The molecule has 0 spiro atoms. The molecule has 1 aliphatic heterocycles. The molecule has 0 saturated carbocycles. The first-order chi connectivity index (χ1) is 7.34. The van der Waals surface area contributed by atoms with Crippen LogP contribution in [0.25, 0.3) is 0 Å². The predicted molar refractivity (Wildman–Crippen MR) is 56.3 cm³/mol. The summed E-state index contributed by atoms with van der Waals surface area (Å²) in [6.07, 6.45) is 1.15. The van der Waals surface area contributed by atoms with Crippen molar-refractivity contribution in [3.05, 3.63) is 30.3 Å². The zero-order chi connectivity index (χ0) is 10.5. The number of amides is 1. The minimum absolute atomic E-state index is 0.0700. The fourth-order valence-electron chi connectivity index (χ4n) is 1.30. The van der Waals surface area contributed by atoms with Crippen molar-refractivity contribution in [3.8, 4) is 5.75 Å². The molecule has 1 fully saturated rings. The molecule has 0 aliphatic carbocycles. The van der Waals surface area contributed by atoms with Gasteiger partial charge in [-0.3, -0.25) is 10.2 Å². The van der Waals surface area contributed by atoms with E-state index in [1.165, 1.54) is 0 Å². The van der Waals surface area contributed by atoms with Crippen molar-refractivity contribution in [2.24, 2.45) is 0 Å². The molecule has 0 bridgehead atoms. The van der Waals surface area contributed by atoms with Crippen LogP contribution in [0.2, 0.25) is 0 Å². The Morgan fingerprint density at radius 3 is 2.67 bits per heavy atom. The fourth-order valence-corrected chi connectivity index (χ4v) is 1.30. The largest absolute Gasteiger partial charge is 0.484 e. The maximum absolute atomic E-state index is 11.3. The molecule has 0 unspecified atom stereocenters. The minimum atomic E-state index is -0.0986. The molecule has 0 atom stereocenters. The van der Waals surface area contributed by atoms with E-state index >= 15 is 0 Å². The molecule has 1 aromatic rings. The summed E-state index contributed by atoms with van der Waals surface area (Å²) < 4.78 is 5.30. The Morgan fingerprint density at radius 1 is 1.33 bits per heavy atom. The normalized spacial score (nSPS) is 15.5. The fraction of sp³-hybridized carbons (Fsp3) is 0.364. The van der Waals surface area contributed by atoms with Crippen molar-refractivity contribution in [3.63, 3.8) is 0 Å². The van der Waals surface area contributed by atoms with Crippen LogP contribution in [0, 0.1) is 0 Å². The SMILES string of the molecule is O=C(COc1ccccc1)NN1CCC1. The molecule has 80 valence electrons. The van der Waals surface area contributed by atoms with Crippen LogP contribution < -0.4 is 10.2 Å². The Bertz CT molecular complexity index is 323. The number of hydrogen-bond acceptors (Lipinski definition) is 3. The number of carbonyl (C=O) groups is 1. The average molecular weight is 206 g/mol. The topological polar surface area (TPSA) is 41.6 Å². The van der Waals surface area contributed by atoms with E-state index in [1.54, 1.807) is 0 Å². The lowest BCUT2D eigenvalue weighted by molar-refractivity contribution is -0.129. The summed E-state index contributed by atoms with van der Waals surface area (Å²) in [6.45, 7) is 1.95. The van der Waals surface area contributed by atoms with Gasteiger partial charge in [0.2, 0.25) is 0 Å². The summed E-state index contributed by atoms with van der Waals surface area (Å²) in [5.74, 6) is 0.620. The van der Waals surface area contributed by atoms with Crippen LogP contribution in [0.1, 0.15) is 6.42 Å². The second kappa shape index (κ2) is 4.79. The highest BCUT2D eigenvalue weighted by atomic mass is 16.5. The lowest BCUT2D eigenvalue weighted by Gasteiger charge is -2.30. The molecule has 0 aromatic heterocycles. The van der Waals surface area contributed by atoms with Crippen LogP contribution in [0.3, 0.4) is 0 Å². The molecular formula is C11H14N2O2. The van der Waals surface area contributed by atoms with Crippen LogP contribution in [0.4, 0.5) is 0 Å². The lowest BCUT2D eigenvalue weighted by Crippen LogP contribution is -2.51. The van der Waals surface area contributed by atoms with Gasteiger partial charge in [-0.25, -0.2) is 5.01 Å². The summed E-state index contributed by atoms with van der Waals surface area (Å²) in [5.41, 5.74) is 2.76. The van der Waals surface area contributed by atoms with E-state index in [0.717, 1.165) is 25.3 Å². The molecule has 4 nitrogen and oxygen atoms in total. The monoisotopic (exact) mass is 206 g/mol. The minimum Gasteiger partial charge on any atom is -0.484 e. The Kier molecular flexibility index (Phi) is 3.19. The van der Waals surface area contributed by atoms with Gasteiger partial charge in [0.05, 0.1) is 0 Å². The third-order valence-corrected chi connectivity index (χ3v) is 2.25. The zero-order valence-electron chi connectivity index (χ0n) is 8.48. The van der Waals surface area contributed by atoms with Crippen LogP contribution >= 0.6 is 0 Å². The van der Waals surface area contributed by atoms with Gasteiger partial charge in [-0.2, -0.15) is 0 Å². The maximum Gasteiger partial charge on any atom is 0.272 e. The lowest BCUT2D eigenvalue weighted by atomic mass is 10.3. The van der Waals surface area contributed by atoms with E-state index in [-0.39, 0.29) is 12.5 Å². The van der Waals surface area contributed by atoms with Gasteiger partial charge < -0.3 is 4.74 Å². The third kappa shape index (κ3) is 2.95. The van der Waals surface area contributed by atoms with E-state index in [4.69, 9.17) is 4.74 Å². The van der Waals surface area contributed by atoms with Gasteiger partial charge in [-0.05, 0) is 18.6 Å². The first-order valence-corrected chi connectivity index (χ1v) is 5.07. The number of hydrazine groups is 1. The van der Waals surface area contributed by atoms with Crippen molar-refractivity contribution in [1.29, 1.82) is 0 Å². The Balaban J connectivity index is 1.71. The number of carbonyl (C=O) groups excluding carboxylic acids is 1. The Labute approximate surface area is 88.8 Å². The van der Waals surface area contributed by atoms with Gasteiger partial charge in [0, 0.05) is 13.1 Å². The molecule has 1 saturated heterocycles. The molecule has 15 heavy (non-hydrogen) atoms. The van der Waals surface area contributed by atoms with Gasteiger partial charge in [-0.1, -0.05) is 18.2 Å². The van der Waals surface area contributed by atoms with Gasteiger partial charge >= 0.3 is 0 Å². The number of benzene rings is 1. The highest BCUT2D eigenvalue weighted by Crippen LogP contribution is 2.07. The third-order valence-electron chi connectivity index (χ3n) is 2.25. The molecule has 1 N–H and O–H groups in total. The number of rotatable bonds is 4. The van der Waals surface area contributed by atoms with Crippen LogP contribution in [-0.2, 0) is 4.79 Å². The Morgan fingerprint density at radius 2 is 2.07 bits per heavy atom. The van der Waals surface area contributed by atoms with E-state index in [1.807, 2.05) is 35.3 Å². The van der Waals surface area contributed by atoms with Gasteiger partial charge in [0.1, 0.15) is 5.75 Å². The standard InChI is InChI=1S/C11H14N2O2/c14-11(12-13-7-4-8-13)9-15-10-5-2-1-3-6-10/h1-3,5-6H,4,7-9H2,(H,12,14). The van der Waals surface area contributed by atoms with Gasteiger partial charge in [0.15, 0.2) is 6.61 Å². The molecule has 0 radical (unpaired) electrons. The van der Waals surface area contributed by atoms with E-state index in [2.05, 4.69) is 5.43 Å². The molecule has 1 aromatic carbocycles. The smallest absolute Gasteiger partial charge is 0.272 e. The summed E-state index contributed by atoms with van der Waals surface area (Å²) >= 11 is 0. The van der Waals surface area contributed by atoms with Gasteiger partial charge in [-0.15, -0.1) is 0 Å². The van der Waals surface area contributed by atoms with Gasteiger partial charge in [0.25, 0.3) is 5.91 Å². The molecular weight excluding hydrogens is 192 g/mol. The van der Waals surface area contributed by atoms with Crippen molar-refractivity contribution in [2.45, 2.75) is 6.42 Å². The number of nitrogens with one attached hydrogen (secondary N) is 1. The van der Waals surface area contributed by atoms with E-state index < -0.39 is 0 Å². The number of hydrogen-bond donors (Lipinski definition) is 1. The molecule has 2 rings (SSSR count). The van der Waals surface area contributed by atoms with Crippen molar-refractivity contribution < 1.29 is 9.53 Å². The molecule has 1 amide bonds. The summed E-state index contributed by atoms with van der Waals surface area (Å²) in [6, 6.07) is 9.33. The molecule has 4 heteroatoms. The number of ether oxygens (including phenoxy) is 1.